The minimum absolute atomic E-state index is 0.0504. The molecular weight excluding hydrogens is 295 g/mol. The molecule has 0 spiro atoms. The lowest BCUT2D eigenvalue weighted by molar-refractivity contribution is -0.0103. The topological polar surface area (TPSA) is 93.5 Å². The number of aliphatic hydroxyl groups excluding tert-OH is 1. The van der Waals surface area contributed by atoms with Crippen molar-refractivity contribution < 1.29 is 19.0 Å². The SMILES string of the molecule is CO[C@H](CCOCC(O)CCl)n1cc(F)c(=O)[nH]c1=O. The average Bonchev–Trinajstić information content (AvgIpc) is 2.43. The zero-order chi connectivity index (χ0) is 15.1. The number of aromatic amines is 1. The number of hydrogen-bond donors (Lipinski definition) is 2. The van der Waals surface area contributed by atoms with E-state index in [1.54, 1.807) is 0 Å². The van der Waals surface area contributed by atoms with Crippen molar-refractivity contribution >= 4 is 11.6 Å². The summed E-state index contributed by atoms with van der Waals surface area (Å²) in [4.78, 5) is 24.3. The molecule has 1 unspecified atom stereocenters. The van der Waals surface area contributed by atoms with Crippen molar-refractivity contribution in [1.29, 1.82) is 0 Å². The molecule has 0 amide bonds. The second kappa shape index (κ2) is 8.15. The van der Waals surface area contributed by atoms with Gasteiger partial charge in [-0.15, -0.1) is 11.6 Å². The number of H-pyrrole nitrogens is 1. The molecular formula is C11H16ClFN2O5. The van der Waals surface area contributed by atoms with E-state index in [1.807, 2.05) is 4.98 Å². The highest BCUT2D eigenvalue weighted by molar-refractivity contribution is 6.18. The maximum atomic E-state index is 13.2. The predicted octanol–water partition coefficient (Wildman–Crippen LogP) is -0.173. The number of rotatable bonds is 8. The third kappa shape index (κ3) is 4.71. The highest BCUT2D eigenvalue weighted by atomic mass is 35.5. The number of halogens is 2. The summed E-state index contributed by atoms with van der Waals surface area (Å²) in [6.07, 6.45) is -0.548. The van der Waals surface area contributed by atoms with Gasteiger partial charge in [-0.25, -0.2) is 4.79 Å². The molecule has 7 nitrogen and oxygen atoms in total. The molecule has 0 aromatic carbocycles. The molecule has 0 aliphatic rings. The summed E-state index contributed by atoms with van der Waals surface area (Å²) in [7, 11) is 1.34. The Kier molecular flexibility index (Phi) is 6.86. The van der Waals surface area contributed by atoms with Crippen LogP contribution < -0.4 is 11.2 Å². The molecule has 0 fully saturated rings. The lowest BCUT2D eigenvalue weighted by Gasteiger charge is -2.18. The van der Waals surface area contributed by atoms with Crippen LogP contribution in [0.4, 0.5) is 4.39 Å². The summed E-state index contributed by atoms with van der Waals surface area (Å²) < 4.78 is 24.3. The summed E-state index contributed by atoms with van der Waals surface area (Å²) in [5.41, 5.74) is -1.85. The van der Waals surface area contributed by atoms with Crippen LogP contribution in [0.25, 0.3) is 0 Å². The van der Waals surface area contributed by atoms with Crippen LogP contribution in [0.2, 0.25) is 0 Å². The molecule has 0 aliphatic carbocycles. The largest absolute Gasteiger partial charge is 0.389 e. The summed E-state index contributed by atoms with van der Waals surface area (Å²) in [5, 5.41) is 9.18. The summed E-state index contributed by atoms with van der Waals surface area (Å²) in [6, 6.07) is 0. The first-order valence-corrected chi connectivity index (χ1v) is 6.38. The third-order valence-electron chi connectivity index (χ3n) is 2.50. The van der Waals surface area contributed by atoms with Crippen molar-refractivity contribution in [3.05, 3.63) is 32.9 Å². The Labute approximate surface area is 118 Å². The van der Waals surface area contributed by atoms with Crippen LogP contribution in [0, 0.1) is 5.82 Å². The van der Waals surface area contributed by atoms with Gasteiger partial charge in [0.05, 0.1) is 31.4 Å². The molecule has 1 rings (SSSR count). The number of aromatic nitrogens is 2. The number of ether oxygens (including phenoxy) is 2. The van der Waals surface area contributed by atoms with Crippen LogP contribution in [-0.4, -0.2) is 47.0 Å². The van der Waals surface area contributed by atoms with E-state index < -0.39 is 29.4 Å². The Morgan fingerprint density at radius 1 is 1.55 bits per heavy atom. The molecule has 1 aromatic heterocycles. The fourth-order valence-corrected chi connectivity index (χ4v) is 1.58. The Morgan fingerprint density at radius 3 is 2.85 bits per heavy atom. The number of aliphatic hydroxyl groups is 1. The van der Waals surface area contributed by atoms with Gasteiger partial charge in [-0.3, -0.25) is 14.3 Å². The first kappa shape index (κ1) is 16.8. The molecule has 0 saturated heterocycles. The molecule has 0 bridgehead atoms. The second-order valence-corrected chi connectivity index (χ2v) is 4.31. The van der Waals surface area contributed by atoms with Crippen molar-refractivity contribution in [3.8, 4) is 0 Å². The van der Waals surface area contributed by atoms with Crippen LogP contribution in [-0.2, 0) is 9.47 Å². The molecule has 0 aliphatic heterocycles. The average molecular weight is 311 g/mol. The monoisotopic (exact) mass is 310 g/mol. The lowest BCUT2D eigenvalue weighted by atomic mass is 10.3. The lowest BCUT2D eigenvalue weighted by Crippen LogP contribution is -2.34. The number of nitrogens with one attached hydrogen (secondary N) is 1. The van der Waals surface area contributed by atoms with E-state index >= 15 is 0 Å². The van der Waals surface area contributed by atoms with E-state index in [0.29, 0.717) is 0 Å². The Morgan fingerprint density at radius 2 is 2.25 bits per heavy atom. The second-order valence-electron chi connectivity index (χ2n) is 4.01. The molecule has 0 radical (unpaired) electrons. The Balaban J connectivity index is 2.65. The number of nitrogens with zero attached hydrogens (tertiary/aromatic N) is 1. The van der Waals surface area contributed by atoms with Gasteiger partial charge in [0.15, 0.2) is 0 Å². The van der Waals surface area contributed by atoms with Gasteiger partial charge in [0.25, 0.3) is 5.56 Å². The van der Waals surface area contributed by atoms with Gasteiger partial charge in [-0.2, -0.15) is 4.39 Å². The van der Waals surface area contributed by atoms with Gasteiger partial charge in [-0.1, -0.05) is 0 Å². The van der Waals surface area contributed by atoms with Gasteiger partial charge < -0.3 is 14.6 Å². The molecule has 2 N–H and O–H groups in total. The molecule has 0 saturated carbocycles. The van der Waals surface area contributed by atoms with E-state index in [0.717, 1.165) is 10.8 Å². The molecule has 1 heterocycles. The van der Waals surface area contributed by atoms with Gasteiger partial charge in [-0.05, 0) is 0 Å². The first-order valence-electron chi connectivity index (χ1n) is 5.85. The summed E-state index contributed by atoms with van der Waals surface area (Å²) >= 11 is 5.39. The minimum atomic E-state index is -1.08. The van der Waals surface area contributed by atoms with Crippen LogP contribution in [0.1, 0.15) is 12.6 Å². The van der Waals surface area contributed by atoms with Crippen molar-refractivity contribution in [2.45, 2.75) is 18.8 Å². The van der Waals surface area contributed by atoms with Crippen molar-refractivity contribution in [2.24, 2.45) is 0 Å². The molecule has 1 aromatic rings. The molecule has 20 heavy (non-hydrogen) atoms. The number of methoxy groups -OCH3 is 1. The van der Waals surface area contributed by atoms with E-state index in [1.165, 1.54) is 7.11 Å². The normalized spacial score (nSPS) is 14.2. The standard InChI is InChI=1S/C11H16ClFN2O5/c1-19-9(2-3-20-6-7(16)4-12)15-5-8(13)10(17)14-11(15)18/h5,7,9,16H,2-4,6H2,1H3,(H,14,17,18)/t7?,9-/m1/s1. The van der Waals surface area contributed by atoms with Crippen LogP contribution >= 0.6 is 11.6 Å². The maximum absolute atomic E-state index is 13.2. The molecule has 9 heteroatoms. The zero-order valence-electron chi connectivity index (χ0n) is 10.8. The van der Waals surface area contributed by atoms with Crippen LogP contribution in [0.3, 0.4) is 0 Å². The Hall–Kier alpha value is -1.22. The van der Waals surface area contributed by atoms with Gasteiger partial charge in [0.2, 0.25) is 5.82 Å². The van der Waals surface area contributed by atoms with Crippen molar-refractivity contribution in [2.75, 3.05) is 26.2 Å². The summed E-state index contributed by atoms with van der Waals surface area (Å²) in [5.74, 6) is -1.02. The van der Waals surface area contributed by atoms with Gasteiger partial charge in [0, 0.05) is 13.5 Å². The van der Waals surface area contributed by atoms with E-state index in [9.17, 15) is 19.1 Å². The quantitative estimate of drug-likeness (QED) is 0.513. The first-order chi connectivity index (χ1) is 9.49. The van der Waals surface area contributed by atoms with Crippen LogP contribution in [0.15, 0.2) is 15.8 Å². The van der Waals surface area contributed by atoms with Crippen molar-refractivity contribution in [1.82, 2.24) is 9.55 Å². The maximum Gasteiger partial charge on any atom is 0.330 e. The van der Waals surface area contributed by atoms with Crippen molar-refractivity contribution in [3.63, 3.8) is 0 Å². The fourth-order valence-electron chi connectivity index (χ4n) is 1.49. The zero-order valence-corrected chi connectivity index (χ0v) is 11.6. The van der Waals surface area contributed by atoms with Gasteiger partial charge >= 0.3 is 5.69 Å². The fraction of sp³-hybridized carbons (Fsp3) is 0.636. The summed E-state index contributed by atoms with van der Waals surface area (Å²) in [6.45, 7) is 0.217. The van der Waals surface area contributed by atoms with E-state index in [-0.39, 0.29) is 25.5 Å². The van der Waals surface area contributed by atoms with Crippen LogP contribution in [0.5, 0.6) is 0 Å². The minimum Gasteiger partial charge on any atom is -0.389 e. The highest BCUT2D eigenvalue weighted by Gasteiger charge is 2.14. The predicted molar refractivity (Wildman–Crippen MR) is 69.5 cm³/mol. The highest BCUT2D eigenvalue weighted by Crippen LogP contribution is 2.09. The van der Waals surface area contributed by atoms with E-state index in [4.69, 9.17) is 21.1 Å². The number of hydrogen-bond acceptors (Lipinski definition) is 5. The molecule has 114 valence electrons. The number of alkyl halides is 1. The smallest absolute Gasteiger partial charge is 0.330 e. The van der Waals surface area contributed by atoms with E-state index in [2.05, 4.69) is 0 Å². The third-order valence-corrected chi connectivity index (χ3v) is 2.86. The van der Waals surface area contributed by atoms with Gasteiger partial charge in [0.1, 0.15) is 6.23 Å². The Bertz CT molecular complexity index is 532. The molecule has 2 atom stereocenters.